The van der Waals surface area contributed by atoms with E-state index in [1.54, 1.807) is 24.3 Å². The third kappa shape index (κ3) is 5.28. The number of hydrogen-bond acceptors (Lipinski definition) is 5. The van der Waals surface area contributed by atoms with Crippen molar-refractivity contribution >= 4 is 57.6 Å². The van der Waals surface area contributed by atoms with Crippen molar-refractivity contribution in [3.8, 4) is 5.69 Å². The van der Waals surface area contributed by atoms with Crippen LogP contribution in [0.3, 0.4) is 0 Å². The van der Waals surface area contributed by atoms with Crippen molar-refractivity contribution in [1.29, 1.82) is 0 Å². The van der Waals surface area contributed by atoms with E-state index in [1.165, 1.54) is 11.8 Å². The molecule has 0 aliphatic heterocycles. The van der Waals surface area contributed by atoms with Crippen LogP contribution in [0.5, 0.6) is 0 Å². The summed E-state index contributed by atoms with van der Waals surface area (Å²) in [6.07, 6.45) is 0.333. The first-order valence-corrected chi connectivity index (χ1v) is 11.7. The van der Waals surface area contributed by atoms with Gasteiger partial charge < -0.3 is 10.3 Å². The Morgan fingerprint density at radius 3 is 2.40 bits per heavy atom. The second-order valence-corrected chi connectivity index (χ2v) is 9.27. The van der Waals surface area contributed by atoms with Crippen LogP contribution in [0.2, 0.25) is 15.1 Å². The fourth-order valence-electron chi connectivity index (χ4n) is 3.63. The molecule has 3 N–H and O–H groups in total. The molecule has 2 aromatic carbocycles. The summed E-state index contributed by atoms with van der Waals surface area (Å²) in [5.74, 6) is 0.380. The van der Waals surface area contributed by atoms with Crippen LogP contribution in [0.1, 0.15) is 36.8 Å². The van der Waals surface area contributed by atoms with E-state index in [4.69, 9.17) is 39.8 Å². The van der Waals surface area contributed by atoms with Crippen molar-refractivity contribution in [1.82, 2.24) is 25.2 Å². The molecule has 0 unspecified atom stereocenters. The number of anilines is 1. The minimum Gasteiger partial charge on any atom is -0.310 e. The molecule has 0 radical (unpaired) electrons. The lowest BCUT2D eigenvalue weighted by Crippen LogP contribution is -2.27. The number of fused-ring (bicyclic) bond motifs is 1. The third-order valence-corrected chi connectivity index (χ3v) is 5.93. The number of H-pyrrole nitrogens is 1. The number of hydrogen-bond donors (Lipinski definition) is 3. The van der Waals surface area contributed by atoms with Gasteiger partial charge in [0.2, 0.25) is 0 Å². The summed E-state index contributed by atoms with van der Waals surface area (Å²) in [6.45, 7) is 3.88. The van der Waals surface area contributed by atoms with Gasteiger partial charge in [-0.15, -0.1) is 0 Å². The number of aromatic amines is 1. The average Bonchev–Trinajstić information content (AvgIpc) is 3.15. The van der Waals surface area contributed by atoms with Crippen molar-refractivity contribution in [2.45, 2.75) is 26.2 Å². The van der Waals surface area contributed by atoms with Gasteiger partial charge in [0.1, 0.15) is 16.9 Å². The molecule has 0 fully saturated rings. The number of benzene rings is 2. The van der Waals surface area contributed by atoms with Crippen molar-refractivity contribution < 1.29 is 9.63 Å². The van der Waals surface area contributed by atoms with Crippen LogP contribution in [0.15, 0.2) is 41.2 Å². The Balaban J connectivity index is 1.76. The van der Waals surface area contributed by atoms with Crippen LogP contribution in [0.25, 0.3) is 16.7 Å². The van der Waals surface area contributed by atoms with Crippen LogP contribution < -0.4 is 16.4 Å². The highest BCUT2D eigenvalue weighted by atomic mass is 35.5. The Morgan fingerprint density at radius 2 is 1.80 bits per heavy atom. The van der Waals surface area contributed by atoms with Crippen molar-refractivity contribution in [3.63, 3.8) is 0 Å². The van der Waals surface area contributed by atoms with Gasteiger partial charge in [0.15, 0.2) is 5.65 Å². The molecule has 0 atom stereocenters. The maximum Gasteiger partial charge on any atom is 0.343 e. The van der Waals surface area contributed by atoms with Crippen LogP contribution in [0, 0.1) is 0 Å². The highest BCUT2D eigenvalue weighted by molar-refractivity contribution is 6.40. The van der Waals surface area contributed by atoms with Crippen LogP contribution in [-0.2, 0) is 11.3 Å². The van der Waals surface area contributed by atoms with Gasteiger partial charge in [-0.1, -0.05) is 60.8 Å². The fraction of sp³-hybridized carbons (Fsp3) is 0.217. The normalized spacial score (nSPS) is 11.3. The zero-order chi connectivity index (χ0) is 25.3. The van der Waals surface area contributed by atoms with Gasteiger partial charge in [-0.3, -0.25) is 9.63 Å². The molecule has 4 rings (SSSR count). The number of carbonyl (C=O) groups excluding carboxylic acids is 1. The summed E-state index contributed by atoms with van der Waals surface area (Å²) in [5, 5.41) is 8.59. The van der Waals surface area contributed by atoms with Gasteiger partial charge >= 0.3 is 6.03 Å². The van der Waals surface area contributed by atoms with Crippen LogP contribution in [-0.4, -0.2) is 32.9 Å². The Hall–Kier alpha value is -3.11. The highest BCUT2D eigenvalue weighted by Gasteiger charge is 2.23. The maximum absolute atomic E-state index is 13.1. The Morgan fingerprint density at radius 1 is 1.14 bits per heavy atom. The molecule has 0 spiro atoms. The molecule has 0 aliphatic carbocycles. The molecule has 0 bridgehead atoms. The smallest absolute Gasteiger partial charge is 0.310 e. The van der Waals surface area contributed by atoms with E-state index in [1.807, 2.05) is 26.0 Å². The lowest BCUT2D eigenvalue weighted by atomic mass is 10.1. The monoisotopic (exact) mass is 534 g/mol. The summed E-state index contributed by atoms with van der Waals surface area (Å²) >= 11 is 19.0. The predicted molar refractivity (Wildman–Crippen MR) is 137 cm³/mol. The van der Waals surface area contributed by atoms with Crippen molar-refractivity contribution in [2.24, 2.45) is 0 Å². The molecule has 12 heteroatoms. The first-order valence-electron chi connectivity index (χ1n) is 10.5. The average molecular weight is 536 g/mol. The van der Waals surface area contributed by atoms with Crippen LogP contribution >= 0.6 is 34.8 Å². The standard InChI is InChI=1S/C23H21Cl3N6O3/c1-11(2)19-18-21(32(30-19)20-15(25)9-13(24)10-16(20)26)28-17(29-22(18)33)8-12-4-6-14(7-5-12)27-23(34)31-35-3/h4-7,9-11H,8H2,1-3H3,(H2,27,31,34)(H,28,29,33). The molecule has 182 valence electrons. The van der Waals surface area contributed by atoms with Crippen molar-refractivity contribution in [3.05, 3.63) is 78.9 Å². The Bertz CT molecular complexity index is 1440. The van der Waals surface area contributed by atoms with E-state index < -0.39 is 6.03 Å². The SMILES string of the molecule is CONC(=O)Nc1ccc(Cc2nc3c(c(C(C)C)nn3-c3c(Cl)cc(Cl)cc3Cl)c(=O)[nH]2)cc1. The third-order valence-electron chi connectivity index (χ3n) is 5.13. The van der Waals surface area contributed by atoms with E-state index in [0.717, 1.165) is 5.56 Å². The Labute approximate surface area is 215 Å². The molecule has 2 amide bonds. The molecule has 9 nitrogen and oxygen atoms in total. The van der Waals surface area contributed by atoms with E-state index >= 15 is 0 Å². The van der Waals surface area contributed by atoms with Gasteiger partial charge in [-0.25, -0.2) is 19.9 Å². The zero-order valence-corrected chi connectivity index (χ0v) is 21.2. The highest BCUT2D eigenvalue weighted by Crippen LogP contribution is 2.34. The lowest BCUT2D eigenvalue weighted by molar-refractivity contribution is 0.114. The number of urea groups is 1. The molecule has 0 saturated heterocycles. The zero-order valence-electron chi connectivity index (χ0n) is 18.9. The number of nitrogens with one attached hydrogen (secondary N) is 3. The first-order chi connectivity index (χ1) is 16.7. The predicted octanol–water partition coefficient (Wildman–Crippen LogP) is 5.47. The molecular formula is C23H21Cl3N6O3. The van der Waals surface area contributed by atoms with E-state index in [0.29, 0.717) is 45.4 Å². The van der Waals surface area contributed by atoms with Gasteiger partial charge in [0.25, 0.3) is 5.56 Å². The minimum absolute atomic E-state index is 0.0484. The second-order valence-electron chi connectivity index (χ2n) is 8.02. The van der Waals surface area contributed by atoms with Gasteiger partial charge in [-0.05, 0) is 35.7 Å². The lowest BCUT2D eigenvalue weighted by Gasteiger charge is -2.09. The quantitative estimate of drug-likeness (QED) is 0.283. The summed E-state index contributed by atoms with van der Waals surface area (Å²) in [5.41, 5.74) is 4.62. The molecule has 35 heavy (non-hydrogen) atoms. The summed E-state index contributed by atoms with van der Waals surface area (Å²) in [7, 11) is 1.35. The van der Waals surface area contributed by atoms with Crippen LogP contribution in [0.4, 0.5) is 10.5 Å². The molecule has 0 saturated carbocycles. The number of amides is 2. The number of carbonyl (C=O) groups is 1. The summed E-state index contributed by atoms with van der Waals surface area (Å²) in [4.78, 5) is 36.8. The first kappa shape index (κ1) is 25.0. The summed E-state index contributed by atoms with van der Waals surface area (Å²) in [6, 6.07) is 9.72. The number of rotatable bonds is 6. The molecular weight excluding hydrogens is 515 g/mol. The summed E-state index contributed by atoms with van der Waals surface area (Å²) < 4.78 is 1.49. The van der Waals surface area contributed by atoms with Gasteiger partial charge in [0, 0.05) is 17.1 Å². The maximum atomic E-state index is 13.1. The van der Waals surface area contributed by atoms with Gasteiger partial charge in [0.05, 0.1) is 22.8 Å². The topological polar surface area (TPSA) is 114 Å². The molecule has 4 aromatic rings. The van der Waals surface area contributed by atoms with E-state index in [-0.39, 0.29) is 21.5 Å². The van der Waals surface area contributed by atoms with E-state index in [9.17, 15) is 9.59 Å². The fourth-order valence-corrected chi connectivity index (χ4v) is 4.60. The minimum atomic E-state index is -0.495. The molecule has 2 heterocycles. The van der Waals surface area contributed by atoms with E-state index in [2.05, 4.69) is 25.7 Å². The van der Waals surface area contributed by atoms with Gasteiger partial charge in [-0.2, -0.15) is 5.10 Å². The number of nitrogens with zero attached hydrogens (tertiary/aromatic N) is 3. The second kappa shape index (κ2) is 10.2. The largest absolute Gasteiger partial charge is 0.343 e. The number of hydroxylamine groups is 1. The van der Waals surface area contributed by atoms with Crippen molar-refractivity contribution in [2.75, 3.05) is 12.4 Å². The molecule has 2 aromatic heterocycles. The number of halogens is 3. The Kier molecular flexibility index (Phi) is 7.32. The number of aromatic nitrogens is 4. The molecule has 0 aliphatic rings.